The van der Waals surface area contributed by atoms with Crippen LogP contribution in [0.3, 0.4) is 0 Å². The van der Waals surface area contributed by atoms with E-state index in [2.05, 4.69) is 10.3 Å². The first-order valence-corrected chi connectivity index (χ1v) is 5.77. The molecule has 1 heterocycles. The summed E-state index contributed by atoms with van der Waals surface area (Å²) in [6.07, 6.45) is 3.16. The number of hydrogen-bond acceptors (Lipinski definition) is 3. The molecule has 0 saturated heterocycles. The van der Waals surface area contributed by atoms with Crippen LogP contribution in [0.5, 0.6) is 0 Å². The lowest BCUT2D eigenvalue weighted by Gasteiger charge is -2.08. The Morgan fingerprint density at radius 1 is 1.26 bits per heavy atom. The molecule has 98 valence electrons. The fourth-order valence-electron chi connectivity index (χ4n) is 1.66. The first-order chi connectivity index (χ1) is 9.19. The van der Waals surface area contributed by atoms with Gasteiger partial charge in [-0.2, -0.15) is 0 Å². The number of halogens is 1. The zero-order valence-electron chi connectivity index (χ0n) is 10.1. The zero-order chi connectivity index (χ0) is 13.7. The van der Waals surface area contributed by atoms with Gasteiger partial charge in [0.25, 0.3) is 0 Å². The van der Waals surface area contributed by atoms with E-state index in [9.17, 15) is 9.18 Å². The lowest BCUT2D eigenvalue weighted by molar-refractivity contribution is -0.115. The highest BCUT2D eigenvalue weighted by Gasteiger charge is 2.07. The van der Waals surface area contributed by atoms with Crippen molar-refractivity contribution in [2.75, 3.05) is 5.32 Å². The SMILES string of the molecule is O=C(Cc1ccc(F)cc1)Nc1cnccc1CO. The summed E-state index contributed by atoms with van der Waals surface area (Å²) in [7, 11) is 0. The summed E-state index contributed by atoms with van der Waals surface area (Å²) in [4.78, 5) is 15.7. The lowest BCUT2D eigenvalue weighted by atomic mass is 10.1. The molecule has 2 rings (SSSR count). The van der Waals surface area contributed by atoms with Gasteiger partial charge in [0.1, 0.15) is 5.82 Å². The Morgan fingerprint density at radius 2 is 2.00 bits per heavy atom. The van der Waals surface area contributed by atoms with Crippen LogP contribution in [0.15, 0.2) is 42.7 Å². The van der Waals surface area contributed by atoms with Crippen molar-refractivity contribution >= 4 is 11.6 Å². The average Bonchev–Trinajstić information content (AvgIpc) is 2.42. The van der Waals surface area contributed by atoms with Crippen LogP contribution in [0.2, 0.25) is 0 Å². The molecular weight excluding hydrogens is 247 g/mol. The van der Waals surface area contributed by atoms with E-state index in [1.165, 1.54) is 18.3 Å². The van der Waals surface area contributed by atoms with Gasteiger partial charge in [0, 0.05) is 11.8 Å². The molecule has 0 atom stereocenters. The van der Waals surface area contributed by atoms with Crippen LogP contribution in [0.4, 0.5) is 10.1 Å². The number of hydrogen-bond donors (Lipinski definition) is 2. The molecule has 0 unspecified atom stereocenters. The fourth-order valence-corrected chi connectivity index (χ4v) is 1.66. The van der Waals surface area contributed by atoms with Crippen LogP contribution in [0, 0.1) is 5.82 Å². The van der Waals surface area contributed by atoms with Crippen molar-refractivity contribution in [2.24, 2.45) is 0 Å². The van der Waals surface area contributed by atoms with Gasteiger partial charge in [-0.15, -0.1) is 0 Å². The second kappa shape index (κ2) is 6.06. The van der Waals surface area contributed by atoms with E-state index in [-0.39, 0.29) is 24.8 Å². The van der Waals surface area contributed by atoms with E-state index in [1.54, 1.807) is 24.4 Å². The number of rotatable bonds is 4. The minimum atomic E-state index is -0.334. The van der Waals surface area contributed by atoms with Crippen LogP contribution in [-0.4, -0.2) is 16.0 Å². The summed E-state index contributed by atoms with van der Waals surface area (Å²) < 4.78 is 12.7. The van der Waals surface area contributed by atoms with Crippen molar-refractivity contribution < 1.29 is 14.3 Å². The molecule has 1 aromatic carbocycles. The van der Waals surface area contributed by atoms with Gasteiger partial charge in [-0.25, -0.2) is 4.39 Å². The Balaban J connectivity index is 2.03. The minimum absolute atomic E-state index is 0.139. The maximum atomic E-state index is 12.7. The Hall–Kier alpha value is -2.27. The first kappa shape index (κ1) is 13.2. The number of carbonyl (C=O) groups is 1. The van der Waals surface area contributed by atoms with Crippen molar-refractivity contribution in [3.05, 3.63) is 59.7 Å². The fraction of sp³-hybridized carbons (Fsp3) is 0.143. The third-order valence-electron chi connectivity index (χ3n) is 2.63. The molecule has 1 amide bonds. The van der Waals surface area contributed by atoms with E-state index in [0.29, 0.717) is 16.8 Å². The van der Waals surface area contributed by atoms with Gasteiger partial charge in [0.2, 0.25) is 5.91 Å². The van der Waals surface area contributed by atoms with Gasteiger partial charge < -0.3 is 10.4 Å². The molecule has 0 radical (unpaired) electrons. The van der Waals surface area contributed by atoms with Crippen LogP contribution in [0.1, 0.15) is 11.1 Å². The number of aliphatic hydroxyl groups excluding tert-OH is 1. The van der Waals surface area contributed by atoms with Gasteiger partial charge >= 0.3 is 0 Å². The second-order valence-electron chi connectivity index (χ2n) is 4.04. The minimum Gasteiger partial charge on any atom is -0.392 e. The summed E-state index contributed by atoms with van der Waals surface area (Å²) in [5, 5.41) is 11.8. The quantitative estimate of drug-likeness (QED) is 0.882. The second-order valence-corrected chi connectivity index (χ2v) is 4.04. The Labute approximate surface area is 109 Å². The van der Waals surface area contributed by atoms with Gasteiger partial charge in [0.05, 0.1) is 24.9 Å². The Kier molecular flexibility index (Phi) is 4.20. The topological polar surface area (TPSA) is 62.2 Å². The lowest BCUT2D eigenvalue weighted by Crippen LogP contribution is -2.15. The maximum absolute atomic E-state index is 12.7. The van der Waals surface area contributed by atoms with Crippen LogP contribution < -0.4 is 5.32 Å². The molecule has 2 aromatic rings. The number of amides is 1. The standard InChI is InChI=1S/C14H13FN2O2/c15-12-3-1-10(2-4-12)7-14(19)17-13-8-16-6-5-11(13)9-18/h1-6,8,18H,7,9H2,(H,17,19). The predicted molar refractivity (Wildman–Crippen MR) is 68.9 cm³/mol. The summed E-state index contributed by atoms with van der Waals surface area (Å²) in [5.41, 5.74) is 1.80. The molecule has 5 heteroatoms. The molecule has 0 spiro atoms. The summed E-state index contributed by atoms with van der Waals surface area (Å²) in [6.45, 7) is -0.172. The van der Waals surface area contributed by atoms with E-state index < -0.39 is 0 Å². The Morgan fingerprint density at radius 3 is 2.68 bits per heavy atom. The number of benzene rings is 1. The molecular formula is C14H13FN2O2. The first-order valence-electron chi connectivity index (χ1n) is 5.77. The number of nitrogens with one attached hydrogen (secondary N) is 1. The number of nitrogens with zero attached hydrogens (tertiary/aromatic N) is 1. The molecule has 0 bridgehead atoms. The normalized spacial score (nSPS) is 10.2. The highest BCUT2D eigenvalue weighted by Crippen LogP contribution is 2.13. The Bertz CT molecular complexity index is 570. The van der Waals surface area contributed by atoms with E-state index >= 15 is 0 Å². The predicted octanol–water partition coefficient (Wildman–Crippen LogP) is 1.89. The van der Waals surface area contributed by atoms with Gasteiger partial charge in [-0.1, -0.05) is 12.1 Å². The summed E-state index contributed by atoms with van der Waals surface area (Å²) in [6, 6.07) is 7.38. The van der Waals surface area contributed by atoms with Gasteiger partial charge in [0.15, 0.2) is 0 Å². The third kappa shape index (κ3) is 3.59. The number of anilines is 1. The number of aromatic nitrogens is 1. The largest absolute Gasteiger partial charge is 0.392 e. The molecule has 0 aliphatic carbocycles. The highest BCUT2D eigenvalue weighted by molar-refractivity contribution is 5.92. The molecule has 1 aromatic heterocycles. The van der Waals surface area contributed by atoms with E-state index in [4.69, 9.17) is 5.11 Å². The van der Waals surface area contributed by atoms with Crippen molar-refractivity contribution in [1.82, 2.24) is 4.98 Å². The van der Waals surface area contributed by atoms with E-state index in [1.807, 2.05) is 0 Å². The maximum Gasteiger partial charge on any atom is 0.228 e. The molecule has 4 nitrogen and oxygen atoms in total. The molecule has 0 aliphatic rings. The number of pyridine rings is 1. The monoisotopic (exact) mass is 260 g/mol. The highest BCUT2D eigenvalue weighted by atomic mass is 19.1. The van der Waals surface area contributed by atoms with Crippen molar-refractivity contribution in [3.63, 3.8) is 0 Å². The third-order valence-corrected chi connectivity index (χ3v) is 2.63. The molecule has 0 aliphatic heterocycles. The van der Waals surface area contributed by atoms with Gasteiger partial charge in [-0.3, -0.25) is 9.78 Å². The molecule has 0 saturated carbocycles. The summed E-state index contributed by atoms with van der Waals surface area (Å²) in [5.74, 6) is -0.576. The van der Waals surface area contributed by atoms with E-state index in [0.717, 1.165) is 0 Å². The van der Waals surface area contributed by atoms with Crippen LogP contribution in [-0.2, 0) is 17.8 Å². The average molecular weight is 260 g/mol. The van der Waals surface area contributed by atoms with Gasteiger partial charge in [-0.05, 0) is 23.8 Å². The van der Waals surface area contributed by atoms with Crippen molar-refractivity contribution in [2.45, 2.75) is 13.0 Å². The molecule has 0 fully saturated rings. The summed E-state index contributed by atoms with van der Waals surface area (Å²) >= 11 is 0. The van der Waals surface area contributed by atoms with Crippen LogP contribution in [0.25, 0.3) is 0 Å². The van der Waals surface area contributed by atoms with Crippen molar-refractivity contribution in [3.8, 4) is 0 Å². The smallest absolute Gasteiger partial charge is 0.228 e. The van der Waals surface area contributed by atoms with Crippen LogP contribution >= 0.6 is 0 Å². The van der Waals surface area contributed by atoms with Crippen molar-refractivity contribution in [1.29, 1.82) is 0 Å². The number of carbonyl (C=O) groups excluding carboxylic acids is 1. The molecule has 2 N–H and O–H groups in total. The molecule has 19 heavy (non-hydrogen) atoms. The zero-order valence-corrected chi connectivity index (χ0v) is 10.1. The number of aliphatic hydroxyl groups is 1.